The molecular formula is C36H71NO5. The number of hydrogen-bond acceptors (Lipinski definition) is 4. The maximum atomic E-state index is 12.7. The zero-order valence-electron chi connectivity index (χ0n) is 28.0. The maximum absolute atomic E-state index is 12.7. The van der Waals surface area contributed by atoms with Gasteiger partial charge in [0.1, 0.15) is 0 Å². The summed E-state index contributed by atoms with van der Waals surface area (Å²) in [7, 11) is 0. The van der Waals surface area contributed by atoms with Crippen molar-refractivity contribution < 1.29 is 24.9 Å². The molecule has 0 fully saturated rings. The van der Waals surface area contributed by atoms with E-state index in [4.69, 9.17) is 5.11 Å². The van der Waals surface area contributed by atoms with E-state index in [0.717, 1.165) is 103 Å². The van der Waals surface area contributed by atoms with Crippen LogP contribution >= 0.6 is 0 Å². The predicted octanol–water partition coefficient (Wildman–Crippen LogP) is 10.0. The Bertz CT molecular complexity index is 594. The zero-order chi connectivity index (χ0) is 31.2. The molecule has 0 aromatic heterocycles. The van der Waals surface area contributed by atoms with Gasteiger partial charge < -0.3 is 20.2 Å². The Balaban J connectivity index is 4.52. The van der Waals surface area contributed by atoms with Crippen LogP contribution in [0, 0.1) is 5.41 Å². The molecule has 0 saturated carbocycles. The molecule has 0 spiro atoms. The summed E-state index contributed by atoms with van der Waals surface area (Å²) in [5, 5.41) is 28.6. The SMILES string of the molecule is CCCCCCCCCC(CCCCCCCCC)(CCCCCCN(CCO)CCCCCCCC(=O)O)C(=O)O. The van der Waals surface area contributed by atoms with Crippen LogP contribution in [0.3, 0.4) is 0 Å². The lowest BCUT2D eigenvalue weighted by Gasteiger charge is -2.30. The number of carboxylic acids is 2. The summed E-state index contributed by atoms with van der Waals surface area (Å²) in [5.74, 6) is -1.27. The van der Waals surface area contributed by atoms with Crippen LogP contribution in [0.4, 0.5) is 0 Å². The average molecular weight is 598 g/mol. The first-order chi connectivity index (χ1) is 20.4. The number of aliphatic carboxylic acids is 2. The van der Waals surface area contributed by atoms with Gasteiger partial charge in [-0.2, -0.15) is 0 Å². The second-order valence-corrected chi connectivity index (χ2v) is 13.0. The number of aliphatic hydroxyl groups excluding tert-OH is 1. The number of rotatable bonds is 34. The Morgan fingerprint density at radius 3 is 1.21 bits per heavy atom. The second kappa shape index (κ2) is 29.9. The lowest BCUT2D eigenvalue weighted by molar-refractivity contribution is -0.151. The van der Waals surface area contributed by atoms with E-state index < -0.39 is 17.4 Å². The van der Waals surface area contributed by atoms with Gasteiger partial charge in [-0.3, -0.25) is 9.59 Å². The van der Waals surface area contributed by atoms with E-state index in [2.05, 4.69) is 18.7 Å². The number of carbonyl (C=O) groups is 2. The molecule has 0 aliphatic carbocycles. The molecule has 0 aromatic carbocycles. The lowest BCUT2D eigenvalue weighted by Crippen LogP contribution is -2.31. The van der Waals surface area contributed by atoms with Crippen LogP contribution < -0.4 is 0 Å². The molecule has 0 saturated heterocycles. The highest BCUT2D eigenvalue weighted by atomic mass is 16.4. The second-order valence-electron chi connectivity index (χ2n) is 13.0. The first kappa shape index (κ1) is 40.9. The van der Waals surface area contributed by atoms with Crippen molar-refractivity contribution in [2.24, 2.45) is 5.41 Å². The normalized spacial score (nSPS) is 11.9. The van der Waals surface area contributed by atoms with Gasteiger partial charge in [0.2, 0.25) is 0 Å². The summed E-state index contributed by atoms with van der Waals surface area (Å²) in [6.45, 7) is 7.34. The third-order valence-corrected chi connectivity index (χ3v) is 9.13. The molecule has 42 heavy (non-hydrogen) atoms. The first-order valence-corrected chi connectivity index (χ1v) is 18.2. The van der Waals surface area contributed by atoms with Crippen molar-refractivity contribution in [3.63, 3.8) is 0 Å². The van der Waals surface area contributed by atoms with Crippen molar-refractivity contribution in [2.45, 2.75) is 187 Å². The van der Waals surface area contributed by atoms with Crippen LogP contribution in [0.1, 0.15) is 187 Å². The number of hydrogen-bond donors (Lipinski definition) is 3. The summed E-state index contributed by atoms with van der Waals surface area (Å²) >= 11 is 0. The van der Waals surface area contributed by atoms with Crippen molar-refractivity contribution in [3.8, 4) is 0 Å². The van der Waals surface area contributed by atoms with Crippen LogP contribution in [0.25, 0.3) is 0 Å². The smallest absolute Gasteiger partial charge is 0.309 e. The highest BCUT2D eigenvalue weighted by Gasteiger charge is 2.36. The molecule has 250 valence electrons. The van der Waals surface area contributed by atoms with E-state index in [9.17, 15) is 19.8 Å². The molecule has 3 N–H and O–H groups in total. The van der Waals surface area contributed by atoms with Crippen molar-refractivity contribution in [2.75, 3.05) is 26.2 Å². The number of unbranched alkanes of at least 4 members (excludes halogenated alkanes) is 19. The minimum atomic E-state index is -0.709. The molecule has 0 aliphatic rings. The minimum absolute atomic E-state index is 0.178. The van der Waals surface area contributed by atoms with E-state index in [0.29, 0.717) is 6.54 Å². The van der Waals surface area contributed by atoms with Crippen LogP contribution in [-0.4, -0.2) is 58.4 Å². The van der Waals surface area contributed by atoms with E-state index in [1.807, 2.05) is 0 Å². The van der Waals surface area contributed by atoms with Gasteiger partial charge in [-0.05, 0) is 51.6 Å². The summed E-state index contributed by atoms with van der Waals surface area (Å²) in [6.07, 6.45) is 29.3. The monoisotopic (exact) mass is 598 g/mol. The summed E-state index contributed by atoms with van der Waals surface area (Å²) in [4.78, 5) is 25.6. The van der Waals surface area contributed by atoms with Gasteiger partial charge in [-0.25, -0.2) is 0 Å². The molecule has 0 atom stereocenters. The standard InChI is InChI=1S/C36H71NO5/c1-3-5-7-9-11-15-21-27-36(35(41)42,28-22-16-12-10-8-6-4-2)29-23-17-19-25-31-37(32-33-38)30-24-18-13-14-20-26-34(39)40/h38H,3-33H2,1-2H3,(H,39,40)(H,41,42). The molecule has 6 nitrogen and oxygen atoms in total. The molecule has 0 heterocycles. The third kappa shape index (κ3) is 24.3. The van der Waals surface area contributed by atoms with Crippen molar-refractivity contribution in [3.05, 3.63) is 0 Å². The Hall–Kier alpha value is -1.14. The first-order valence-electron chi connectivity index (χ1n) is 18.2. The van der Waals surface area contributed by atoms with E-state index in [1.165, 1.54) is 77.0 Å². The van der Waals surface area contributed by atoms with Crippen LogP contribution in [0.2, 0.25) is 0 Å². The predicted molar refractivity (Wildman–Crippen MR) is 177 cm³/mol. The fraction of sp³-hybridized carbons (Fsp3) is 0.944. The van der Waals surface area contributed by atoms with E-state index in [1.54, 1.807) is 0 Å². The molecule has 6 heteroatoms. The Morgan fingerprint density at radius 1 is 0.500 bits per heavy atom. The summed E-state index contributed by atoms with van der Waals surface area (Å²) in [6, 6.07) is 0. The van der Waals surface area contributed by atoms with Crippen LogP contribution in [0.15, 0.2) is 0 Å². The zero-order valence-corrected chi connectivity index (χ0v) is 28.0. The Labute approximate surface area is 260 Å². The van der Waals surface area contributed by atoms with E-state index >= 15 is 0 Å². The van der Waals surface area contributed by atoms with Gasteiger partial charge in [0, 0.05) is 13.0 Å². The Kier molecular flexibility index (Phi) is 29.1. The highest BCUT2D eigenvalue weighted by molar-refractivity contribution is 5.74. The largest absolute Gasteiger partial charge is 0.481 e. The average Bonchev–Trinajstić information content (AvgIpc) is 2.96. The lowest BCUT2D eigenvalue weighted by atomic mass is 9.74. The van der Waals surface area contributed by atoms with Gasteiger partial charge >= 0.3 is 11.9 Å². The van der Waals surface area contributed by atoms with Gasteiger partial charge in [0.05, 0.1) is 12.0 Å². The van der Waals surface area contributed by atoms with Crippen molar-refractivity contribution >= 4 is 11.9 Å². The van der Waals surface area contributed by atoms with Crippen molar-refractivity contribution in [1.82, 2.24) is 4.90 Å². The molecule has 0 amide bonds. The van der Waals surface area contributed by atoms with E-state index in [-0.39, 0.29) is 13.0 Å². The van der Waals surface area contributed by atoms with Crippen LogP contribution in [0.5, 0.6) is 0 Å². The summed E-state index contributed by atoms with van der Waals surface area (Å²) in [5.41, 5.74) is -0.541. The molecule has 0 bridgehead atoms. The fourth-order valence-electron chi connectivity index (χ4n) is 6.31. The van der Waals surface area contributed by atoms with Crippen molar-refractivity contribution in [1.29, 1.82) is 0 Å². The number of aliphatic hydroxyl groups is 1. The van der Waals surface area contributed by atoms with Gasteiger partial charge in [0.15, 0.2) is 0 Å². The van der Waals surface area contributed by atoms with Crippen LogP contribution in [-0.2, 0) is 9.59 Å². The number of carboxylic acid groups (broad SMARTS) is 2. The topological polar surface area (TPSA) is 98.1 Å². The molecule has 0 aliphatic heterocycles. The molecule has 0 rings (SSSR count). The number of nitrogens with zero attached hydrogens (tertiary/aromatic N) is 1. The molecular weight excluding hydrogens is 526 g/mol. The maximum Gasteiger partial charge on any atom is 0.309 e. The van der Waals surface area contributed by atoms with Gasteiger partial charge in [-0.1, -0.05) is 142 Å². The Morgan fingerprint density at radius 2 is 0.857 bits per heavy atom. The minimum Gasteiger partial charge on any atom is -0.481 e. The molecule has 0 aromatic rings. The fourth-order valence-corrected chi connectivity index (χ4v) is 6.31. The molecule has 0 radical (unpaired) electrons. The van der Waals surface area contributed by atoms with Gasteiger partial charge in [0.25, 0.3) is 0 Å². The summed E-state index contributed by atoms with van der Waals surface area (Å²) < 4.78 is 0. The highest BCUT2D eigenvalue weighted by Crippen LogP contribution is 2.38. The molecule has 0 unspecified atom stereocenters. The third-order valence-electron chi connectivity index (χ3n) is 9.13. The quantitative estimate of drug-likeness (QED) is 0.0639. The van der Waals surface area contributed by atoms with Gasteiger partial charge in [-0.15, -0.1) is 0 Å².